The molecule has 8 heteroatoms. The van der Waals surface area contributed by atoms with Crippen LogP contribution in [-0.2, 0) is 16.1 Å². The average Bonchev–Trinajstić information content (AvgIpc) is 2.98. The monoisotopic (exact) mass is 387 g/mol. The van der Waals surface area contributed by atoms with Crippen LogP contribution in [0.15, 0.2) is 35.5 Å². The van der Waals surface area contributed by atoms with E-state index in [0.29, 0.717) is 19.8 Å². The first kappa shape index (κ1) is 18.3. The summed E-state index contributed by atoms with van der Waals surface area (Å²) in [5.74, 6) is 0.971. The summed E-state index contributed by atoms with van der Waals surface area (Å²) in [4.78, 5) is 14.6. The molecule has 1 aromatic carbocycles. The van der Waals surface area contributed by atoms with E-state index in [0.717, 1.165) is 50.0 Å². The minimum absolute atomic E-state index is 0.108. The summed E-state index contributed by atoms with van der Waals surface area (Å²) >= 11 is 1.54. The first-order valence-electron chi connectivity index (χ1n) is 9.55. The van der Waals surface area contributed by atoms with Crippen molar-refractivity contribution in [2.75, 3.05) is 37.7 Å². The number of nitrogens with zero attached hydrogens (tertiary/aromatic N) is 4. The molecule has 1 aromatic heterocycles. The summed E-state index contributed by atoms with van der Waals surface area (Å²) < 4.78 is 7.62. The Morgan fingerprint density at radius 1 is 1.15 bits per heavy atom. The highest BCUT2D eigenvalue weighted by atomic mass is 32.2. The fraction of sp³-hybridized carbons (Fsp3) is 0.526. The van der Waals surface area contributed by atoms with E-state index in [-0.39, 0.29) is 11.2 Å². The summed E-state index contributed by atoms with van der Waals surface area (Å²) in [5.41, 5.74) is 1.19. The summed E-state index contributed by atoms with van der Waals surface area (Å²) in [5, 5.41) is 12.7. The van der Waals surface area contributed by atoms with E-state index in [9.17, 15) is 4.79 Å². The Balaban J connectivity index is 1.61. The molecular weight excluding hydrogens is 362 g/mol. The molecule has 0 radical (unpaired) electrons. The smallest absolute Gasteiger partial charge is 0.233 e. The van der Waals surface area contributed by atoms with E-state index in [1.54, 1.807) is 0 Å². The lowest BCUT2D eigenvalue weighted by atomic mass is 10.2. The van der Waals surface area contributed by atoms with Crippen LogP contribution in [0.4, 0.5) is 5.95 Å². The molecule has 0 saturated carbocycles. The van der Waals surface area contributed by atoms with E-state index in [1.165, 1.54) is 17.3 Å². The number of aromatic nitrogens is 3. The number of ether oxygens (including phenoxy) is 1. The van der Waals surface area contributed by atoms with Crippen LogP contribution in [0.2, 0.25) is 0 Å². The maximum absolute atomic E-state index is 12.4. The van der Waals surface area contributed by atoms with Gasteiger partial charge in [0, 0.05) is 19.6 Å². The normalized spacial score (nSPS) is 21.0. The summed E-state index contributed by atoms with van der Waals surface area (Å²) in [7, 11) is 0. The lowest BCUT2D eigenvalue weighted by Crippen LogP contribution is -2.38. The number of anilines is 1. The molecule has 2 aromatic rings. The van der Waals surface area contributed by atoms with E-state index < -0.39 is 0 Å². The van der Waals surface area contributed by atoms with Crippen LogP contribution in [0, 0.1) is 0 Å². The number of morpholine rings is 1. The Kier molecular flexibility index (Phi) is 5.94. The number of rotatable bonds is 5. The summed E-state index contributed by atoms with van der Waals surface area (Å²) in [6, 6.07) is 10.3. The fourth-order valence-corrected chi connectivity index (χ4v) is 4.51. The molecule has 4 rings (SSSR count). The van der Waals surface area contributed by atoms with Crippen molar-refractivity contribution in [3.63, 3.8) is 0 Å². The summed E-state index contributed by atoms with van der Waals surface area (Å²) in [6.07, 6.45) is 2.97. The number of benzene rings is 1. The topological polar surface area (TPSA) is 72.3 Å². The number of carbonyl (C=O) groups excluding carboxylic acids is 1. The van der Waals surface area contributed by atoms with E-state index in [1.807, 2.05) is 18.2 Å². The maximum atomic E-state index is 12.4. The van der Waals surface area contributed by atoms with Crippen molar-refractivity contribution in [1.82, 2.24) is 20.1 Å². The molecule has 0 bridgehead atoms. The van der Waals surface area contributed by atoms with Crippen LogP contribution in [0.25, 0.3) is 0 Å². The number of nitrogens with one attached hydrogen (secondary N) is 1. The molecule has 1 N–H and O–H groups in total. The zero-order valence-electron chi connectivity index (χ0n) is 15.3. The zero-order chi connectivity index (χ0) is 18.5. The molecule has 144 valence electrons. The van der Waals surface area contributed by atoms with Gasteiger partial charge in [-0.2, -0.15) is 0 Å². The van der Waals surface area contributed by atoms with Crippen LogP contribution in [0.5, 0.6) is 0 Å². The second-order valence-electron chi connectivity index (χ2n) is 6.85. The third-order valence-electron chi connectivity index (χ3n) is 4.91. The lowest BCUT2D eigenvalue weighted by molar-refractivity contribution is -0.120. The molecule has 0 spiro atoms. The van der Waals surface area contributed by atoms with Crippen molar-refractivity contribution in [2.45, 2.75) is 36.2 Å². The molecule has 1 atom stereocenters. The van der Waals surface area contributed by atoms with Crippen LogP contribution >= 0.6 is 11.8 Å². The molecule has 2 saturated heterocycles. The molecule has 27 heavy (non-hydrogen) atoms. The largest absolute Gasteiger partial charge is 0.378 e. The minimum Gasteiger partial charge on any atom is -0.378 e. The van der Waals surface area contributed by atoms with Gasteiger partial charge in [-0.25, -0.2) is 0 Å². The van der Waals surface area contributed by atoms with Crippen molar-refractivity contribution in [3.05, 3.63) is 35.9 Å². The molecule has 7 nitrogen and oxygen atoms in total. The van der Waals surface area contributed by atoms with Gasteiger partial charge < -0.3 is 15.0 Å². The van der Waals surface area contributed by atoms with E-state index in [2.05, 4.69) is 37.1 Å². The van der Waals surface area contributed by atoms with Gasteiger partial charge in [-0.1, -0.05) is 48.5 Å². The van der Waals surface area contributed by atoms with Gasteiger partial charge in [0.1, 0.15) is 0 Å². The Morgan fingerprint density at radius 3 is 2.78 bits per heavy atom. The standard InChI is InChI=1S/C19H25N5O2S/c25-17-16(8-4-5-9-20-17)27-19-22-21-18(23-10-12-26-13-11-23)24(19)14-15-6-2-1-3-7-15/h1-3,6-7,16H,4-5,8-14H2,(H,20,25). The van der Waals surface area contributed by atoms with Crippen LogP contribution in [0.1, 0.15) is 24.8 Å². The quantitative estimate of drug-likeness (QED) is 0.845. The second kappa shape index (κ2) is 8.75. The lowest BCUT2D eigenvalue weighted by Gasteiger charge is -2.28. The maximum Gasteiger partial charge on any atom is 0.233 e. The van der Waals surface area contributed by atoms with E-state index >= 15 is 0 Å². The molecule has 3 heterocycles. The highest BCUT2D eigenvalue weighted by molar-refractivity contribution is 8.00. The van der Waals surface area contributed by atoms with Gasteiger partial charge in [0.05, 0.1) is 25.0 Å². The number of amides is 1. The highest BCUT2D eigenvalue weighted by Crippen LogP contribution is 2.30. The van der Waals surface area contributed by atoms with Gasteiger partial charge in [0.15, 0.2) is 5.16 Å². The average molecular weight is 388 g/mol. The SMILES string of the molecule is O=C1NCCCCC1Sc1nnc(N2CCOCC2)n1Cc1ccccc1. The molecule has 2 fully saturated rings. The van der Waals surface area contributed by atoms with E-state index in [4.69, 9.17) is 4.74 Å². The van der Waals surface area contributed by atoms with Crippen molar-refractivity contribution >= 4 is 23.6 Å². The number of thioether (sulfide) groups is 1. The Labute approximate surface area is 163 Å². The van der Waals surface area contributed by atoms with Crippen LogP contribution in [0.3, 0.4) is 0 Å². The fourth-order valence-electron chi connectivity index (χ4n) is 3.42. The Bertz CT molecular complexity index is 761. The van der Waals surface area contributed by atoms with Gasteiger partial charge in [-0.3, -0.25) is 9.36 Å². The second-order valence-corrected chi connectivity index (χ2v) is 8.02. The Hall–Kier alpha value is -2.06. The predicted molar refractivity (Wildman–Crippen MR) is 105 cm³/mol. The molecule has 1 amide bonds. The first-order valence-corrected chi connectivity index (χ1v) is 10.4. The van der Waals surface area contributed by atoms with Gasteiger partial charge in [0.2, 0.25) is 11.9 Å². The molecule has 1 unspecified atom stereocenters. The molecule has 2 aliphatic rings. The highest BCUT2D eigenvalue weighted by Gasteiger charge is 2.27. The third kappa shape index (κ3) is 4.44. The van der Waals surface area contributed by atoms with Crippen molar-refractivity contribution in [1.29, 1.82) is 0 Å². The third-order valence-corrected chi connectivity index (χ3v) is 6.15. The van der Waals surface area contributed by atoms with Gasteiger partial charge in [-0.05, 0) is 18.4 Å². The molecule has 0 aliphatic carbocycles. The van der Waals surface area contributed by atoms with Crippen molar-refractivity contribution in [3.8, 4) is 0 Å². The predicted octanol–water partition coefficient (Wildman–Crippen LogP) is 1.92. The first-order chi connectivity index (χ1) is 13.3. The minimum atomic E-state index is -0.108. The number of carbonyl (C=O) groups is 1. The van der Waals surface area contributed by atoms with Crippen LogP contribution < -0.4 is 10.2 Å². The van der Waals surface area contributed by atoms with Crippen LogP contribution in [-0.4, -0.2) is 58.8 Å². The summed E-state index contributed by atoms with van der Waals surface area (Å²) in [6.45, 7) is 4.48. The van der Waals surface area contributed by atoms with Gasteiger partial charge in [-0.15, -0.1) is 10.2 Å². The van der Waals surface area contributed by atoms with Crippen molar-refractivity contribution in [2.24, 2.45) is 0 Å². The number of hydrogen-bond donors (Lipinski definition) is 1. The van der Waals surface area contributed by atoms with Gasteiger partial charge >= 0.3 is 0 Å². The van der Waals surface area contributed by atoms with Gasteiger partial charge in [0.25, 0.3) is 0 Å². The molecule has 2 aliphatic heterocycles. The molecular formula is C19H25N5O2S. The Morgan fingerprint density at radius 2 is 1.96 bits per heavy atom. The number of hydrogen-bond acceptors (Lipinski definition) is 6. The zero-order valence-corrected chi connectivity index (χ0v) is 16.2. The van der Waals surface area contributed by atoms with Crippen molar-refractivity contribution < 1.29 is 9.53 Å².